The summed E-state index contributed by atoms with van der Waals surface area (Å²) in [5, 5.41) is 9.00. The first-order valence-corrected chi connectivity index (χ1v) is 3.11. The van der Waals surface area contributed by atoms with Crippen molar-refractivity contribution < 1.29 is 9.98 Å². The maximum atomic E-state index is 10.5. The van der Waals surface area contributed by atoms with Crippen LogP contribution >= 0.6 is 11.6 Å². The molecule has 0 heterocycles. The Kier molecular flexibility index (Phi) is 1.96. The molecule has 5 heteroatoms. The van der Waals surface area contributed by atoms with E-state index in [4.69, 9.17) is 22.6 Å². The minimum absolute atomic E-state index is 0.0166. The van der Waals surface area contributed by atoms with Crippen LogP contribution in [0.5, 0.6) is 5.75 Å². The van der Waals surface area contributed by atoms with Gasteiger partial charge in [-0.15, -0.1) is 0 Å². The number of hydrazine groups is 1. The fourth-order valence-electron chi connectivity index (χ4n) is 0.620. The average Bonchev–Trinajstić information content (AvgIpc) is 1.94. The predicted octanol–water partition coefficient (Wildman–Crippen LogP) is 1.13. The highest BCUT2D eigenvalue weighted by molar-refractivity contribution is 6.32. The third-order valence-corrected chi connectivity index (χ3v) is 1.41. The Morgan fingerprint density at radius 2 is 2.36 bits per heavy atom. The Hall–Kier alpha value is -1.29. The van der Waals surface area contributed by atoms with Gasteiger partial charge < -0.3 is 5.11 Å². The minimum atomic E-state index is -0.171. The molecule has 57 valence electrons. The number of nitrogens with two attached hydrogens (primary N) is 1. The van der Waals surface area contributed by atoms with Crippen molar-refractivity contribution >= 4 is 17.3 Å². The van der Waals surface area contributed by atoms with E-state index < -0.39 is 0 Å². The van der Waals surface area contributed by atoms with E-state index in [1.807, 2.05) is 0 Å². The van der Waals surface area contributed by atoms with Crippen molar-refractivity contribution in [3.05, 3.63) is 28.1 Å². The van der Waals surface area contributed by atoms with Crippen LogP contribution in [0.2, 0.25) is 5.02 Å². The number of halogens is 1. The van der Waals surface area contributed by atoms with Crippen LogP contribution in [0, 0.1) is 11.0 Å². The molecule has 0 aliphatic rings. The predicted molar refractivity (Wildman–Crippen MR) is 39.4 cm³/mol. The lowest BCUT2D eigenvalue weighted by Gasteiger charge is -1.91. The summed E-state index contributed by atoms with van der Waals surface area (Å²) in [5.41, 5.74) is 0.0166. The van der Waals surface area contributed by atoms with Gasteiger partial charge in [-0.2, -0.15) is 5.84 Å². The average molecular weight is 173 g/mol. The fourth-order valence-corrected chi connectivity index (χ4v) is 0.813. The second-order valence-corrected chi connectivity index (χ2v) is 2.28. The highest BCUT2D eigenvalue weighted by Crippen LogP contribution is 2.25. The van der Waals surface area contributed by atoms with Crippen molar-refractivity contribution in [1.82, 2.24) is 0 Å². The number of nitroso groups, excluding NO2 is 1. The van der Waals surface area contributed by atoms with Gasteiger partial charge >= 0.3 is 5.69 Å². The van der Waals surface area contributed by atoms with Crippen molar-refractivity contribution in [2.45, 2.75) is 0 Å². The first-order valence-electron chi connectivity index (χ1n) is 2.73. The lowest BCUT2D eigenvalue weighted by atomic mass is 10.3. The van der Waals surface area contributed by atoms with Gasteiger partial charge in [-0.1, -0.05) is 11.6 Å². The number of aromatic hydroxyl groups is 1. The monoisotopic (exact) mass is 172 g/mol. The van der Waals surface area contributed by atoms with Crippen LogP contribution < -0.4 is 5.84 Å². The molecule has 1 rings (SSSR count). The lowest BCUT2D eigenvalue weighted by molar-refractivity contribution is -0.474. The summed E-state index contributed by atoms with van der Waals surface area (Å²) >= 11 is 5.53. The van der Waals surface area contributed by atoms with E-state index >= 15 is 0 Å². The molecule has 0 aromatic heterocycles. The maximum Gasteiger partial charge on any atom is 0.313 e. The van der Waals surface area contributed by atoms with Gasteiger partial charge in [0.25, 0.3) is 0 Å². The fraction of sp³-hybridized carbons (Fsp3) is 0. The zero-order valence-corrected chi connectivity index (χ0v) is 6.17. The Morgan fingerprint density at radius 1 is 1.73 bits per heavy atom. The summed E-state index contributed by atoms with van der Waals surface area (Å²) in [4.78, 5) is 10.6. The highest BCUT2D eigenvalue weighted by atomic mass is 35.5. The van der Waals surface area contributed by atoms with Crippen LogP contribution in [0.25, 0.3) is 0 Å². The van der Waals surface area contributed by atoms with Crippen molar-refractivity contribution in [1.29, 1.82) is 0 Å². The molecule has 4 nitrogen and oxygen atoms in total. The van der Waals surface area contributed by atoms with E-state index in [-0.39, 0.29) is 21.3 Å². The zero-order chi connectivity index (χ0) is 8.43. The molecular formula is C6H5ClN2O2+. The highest BCUT2D eigenvalue weighted by Gasteiger charge is 2.14. The molecule has 1 radical (unpaired) electrons. The van der Waals surface area contributed by atoms with Crippen molar-refractivity contribution in [2.24, 2.45) is 5.84 Å². The molecule has 0 aliphatic carbocycles. The number of benzene rings is 1. The topological polar surface area (TPSA) is 66.3 Å². The Morgan fingerprint density at radius 3 is 2.82 bits per heavy atom. The van der Waals surface area contributed by atoms with Gasteiger partial charge in [0.1, 0.15) is 10.8 Å². The van der Waals surface area contributed by atoms with Gasteiger partial charge in [0.05, 0.1) is 11.0 Å². The van der Waals surface area contributed by atoms with Gasteiger partial charge in [0.2, 0.25) is 0 Å². The van der Waals surface area contributed by atoms with E-state index in [1.165, 1.54) is 6.07 Å². The number of hydrogen-bond donors (Lipinski definition) is 2. The summed E-state index contributed by atoms with van der Waals surface area (Å²) in [6, 6.07) is 4.80. The molecule has 0 saturated carbocycles. The van der Waals surface area contributed by atoms with E-state index in [1.54, 1.807) is 0 Å². The molecule has 0 atom stereocenters. The first kappa shape index (κ1) is 7.81. The summed E-state index contributed by atoms with van der Waals surface area (Å²) in [5.74, 6) is 4.68. The maximum absolute atomic E-state index is 10.5. The Balaban J connectivity index is 3.23. The Labute approximate surface area is 67.7 Å². The molecule has 0 saturated heterocycles. The summed E-state index contributed by atoms with van der Waals surface area (Å²) in [7, 11) is 0. The summed E-state index contributed by atoms with van der Waals surface area (Å²) < 4.78 is 0. The number of phenols is 1. The molecule has 0 unspecified atom stereocenters. The summed E-state index contributed by atoms with van der Waals surface area (Å²) in [6.07, 6.45) is 0. The minimum Gasteiger partial charge on any atom is -0.507 e. The van der Waals surface area contributed by atoms with Gasteiger partial charge in [0, 0.05) is 6.07 Å². The van der Waals surface area contributed by atoms with Crippen LogP contribution in [0.4, 0.5) is 5.69 Å². The molecule has 0 bridgehead atoms. The molecule has 0 amide bonds. The van der Waals surface area contributed by atoms with Gasteiger partial charge in [-0.25, -0.2) is 0 Å². The molecule has 1 aromatic rings. The SMILES string of the molecule is N[N+](=O)c1cc(O)[c]cc1Cl. The van der Waals surface area contributed by atoms with Crippen LogP contribution in [-0.2, 0) is 0 Å². The third kappa shape index (κ3) is 1.59. The molecule has 0 aliphatic heterocycles. The second-order valence-electron chi connectivity index (χ2n) is 1.88. The largest absolute Gasteiger partial charge is 0.507 e. The van der Waals surface area contributed by atoms with Gasteiger partial charge in [-0.05, 0) is 6.07 Å². The van der Waals surface area contributed by atoms with Crippen LogP contribution in [-0.4, -0.2) is 9.98 Å². The van der Waals surface area contributed by atoms with E-state index in [2.05, 4.69) is 6.07 Å². The van der Waals surface area contributed by atoms with Crippen LogP contribution in [0.15, 0.2) is 12.1 Å². The molecule has 0 spiro atoms. The number of phenolic OH excluding ortho intramolecular Hbond substituents is 1. The zero-order valence-electron chi connectivity index (χ0n) is 5.41. The van der Waals surface area contributed by atoms with Crippen molar-refractivity contribution in [3.8, 4) is 5.75 Å². The van der Waals surface area contributed by atoms with E-state index in [0.717, 1.165) is 6.07 Å². The molecule has 0 fully saturated rings. The molecule has 3 N–H and O–H groups in total. The molecular weight excluding hydrogens is 168 g/mol. The molecule has 1 aromatic carbocycles. The number of rotatable bonds is 1. The third-order valence-electron chi connectivity index (χ3n) is 1.10. The van der Waals surface area contributed by atoms with E-state index in [0.29, 0.717) is 0 Å². The normalized spacial score (nSPS) is 9.55. The number of hydrogen-bond acceptors (Lipinski definition) is 2. The standard InChI is InChI=1S/C6H4ClN2O2/c7-5-2-1-4(10)3-6(5)9(8)11/h2-3H,(H2-,8,10,11)/p+1. The molecule has 11 heavy (non-hydrogen) atoms. The van der Waals surface area contributed by atoms with Crippen molar-refractivity contribution in [2.75, 3.05) is 0 Å². The van der Waals surface area contributed by atoms with Crippen LogP contribution in [0.1, 0.15) is 0 Å². The summed E-state index contributed by atoms with van der Waals surface area (Å²) in [6.45, 7) is 0. The number of nitrogens with zero attached hydrogens (tertiary/aromatic N) is 1. The lowest BCUT2D eigenvalue weighted by Crippen LogP contribution is -2.08. The van der Waals surface area contributed by atoms with Crippen LogP contribution in [0.3, 0.4) is 0 Å². The first-order chi connectivity index (χ1) is 5.11. The van der Waals surface area contributed by atoms with E-state index in [9.17, 15) is 4.91 Å². The Bertz CT molecular complexity index is 301. The quantitative estimate of drug-likeness (QED) is 0.379. The smallest absolute Gasteiger partial charge is 0.313 e. The van der Waals surface area contributed by atoms with Gasteiger partial charge in [0.15, 0.2) is 4.87 Å². The van der Waals surface area contributed by atoms with Crippen molar-refractivity contribution in [3.63, 3.8) is 0 Å². The van der Waals surface area contributed by atoms with Gasteiger partial charge in [-0.3, -0.25) is 0 Å². The second kappa shape index (κ2) is 2.75.